The first-order valence-corrected chi connectivity index (χ1v) is 9.86. The second-order valence-electron chi connectivity index (χ2n) is 7.22. The van der Waals surface area contributed by atoms with Gasteiger partial charge in [-0.05, 0) is 48.5 Å². The van der Waals surface area contributed by atoms with Gasteiger partial charge in [0.25, 0.3) is 0 Å². The highest BCUT2D eigenvalue weighted by atomic mass is 35.5. The second kappa shape index (κ2) is 8.48. The van der Waals surface area contributed by atoms with E-state index < -0.39 is 0 Å². The van der Waals surface area contributed by atoms with Crippen molar-refractivity contribution in [3.63, 3.8) is 0 Å². The smallest absolute Gasteiger partial charge is 0.124 e. The molecular weight excluding hydrogens is 380 g/mol. The highest BCUT2D eigenvalue weighted by Gasteiger charge is 2.14. The fourth-order valence-electron chi connectivity index (χ4n) is 3.56. The van der Waals surface area contributed by atoms with Crippen LogP contribution >= 0.6 is 11.6 Å². The average molecular weight is 401 g/mol. The molecule has 0 saturated heterocycles. The fourth-order valence-corrected chi connectivity index (χ4v) is 3.73. The van der Waals surface area contributed by atoms with Gasteiger partial charge in [0, 0.05) is 18.1 Å². The number of hydrogen-bond donors (Lipinski definition) is 0. The van der Waals surface area contributed by atoms with Gasteiger partial charge in [-0.25, -0.2) is 4.98 Å². The van der Waals surface area contributed by atoms with Crippen molar-refractivity contribution in [2.45, 2.75) is 19.6 Å². The molecule has 0 fully saturated rings. The second-order valence-corrected chi connectivity index (χ2v) is 7.65. The van der Waals surface area contributed by atoms with E-state index in [0.29, 0.717) is 17.1 Å². The van der Waals surface area contributed by atoms with Crippen LogP contribution < -0.4 is 0 Å². The van der Waals surface area contributed by atoms with E-state index in [9.17, 15) is 0 Å². The van der Waals surface area contributed by atoms with Gasteiger partial charge in [0.2, 0.25) is 0 Å². The van der Waals surface area contributed by atoms with Gasteiger partial charge in [-0.15, -0.1) is 0 Å². The first kappa shape index (κ1) is 19.2. The molecule has 0 bridgehead atoms. The third-order valence-electron chi connectivity index (χ3n) is 4.89. The Labute approximate surface area is 175 Å². The largest absolute Gasteiger partial charge is 0.322 e. The van der Waals surface area contributed by atoms with Crippen LogP contribution in [0, 0.1) is 11.3 Å². The van der Waals surface area contributed by atoms with Crippen LogP contribution in [0.15, 0.2) is 72.8 Å². The molecule has 0 amide bonds. The van der Waals surface area contributed by atoms with Gasteiger partial charge >= 0.3 is 0 Å². The molecule has 4 rings (SSSR count). The van der Waals surface area contributed by atoms with Crippen LogP contribution in [-0.4, -0.2) is 21.5 Å². The zero-order valence-corrected chi connectivity index (χ0v) is 17.0. The van der Waals surface area contributed by atoms with Crippen LogP contribution in [0.2, 0.25) is 5.02 Å². The maximum absolute atomic E-state index is 9.12. The molecule has 4 aromatic rings. The number of benzene rings is 3. The Kier molecular flexibility index (Phi) is 5.62. The molecule has 0 unspecified atom stereocenters. The Morgan fingerprint density at radius 1 is 0.966 bits per heavy atom. The monoisotopic (exact) mass is 400 g/mol. The summed E-state index contributed by atoms with van der Waals surface area (Å²) in [7, 11) is 2.07. The maximum atomic E-state index is 9.12. The summed E-state index contributed by atoms with van der Waals surface area (Å²) in [4.78, 5) is 7.08. The van der Waals surface area contributed by atoms with Gasteiger partial charge in [0.1, 0.15) is 5.82 Å². The molecule has 0 radical (unpaired) electrons. The molecule has 0 N–H and O–H groups in total. The number of imidazole rings is 1. The van der Waals surface area contributed by atoms with Crippen molar-refractivity contribution < 1.29 is 0 Å². The van der Waals surface area contributed by atoms with Gasteiger partial charge in [-0.2, -0.15) is 5.26 Å². The highest BCUT2D eigenvalue weighted by molar-refractivity contribution is 6.31. The molecule has 5 heteroatoms. The standard InChI is InChI=1S/C24H21ClN4/c1-28(15-20-9-5-8-19(12-20)14-26)17-24-27-22-13-21(25)10-11-23(22)29(24)16-18-6-3-2-4-7-18/h2-13H,15-17H2,1H3. The third-order valence-corrected chi connectivity index (χ3v) is 5.13. The summed E-state index contributed by atoms with van der Waals surface area (Å²) in [6.45, 7) is 2.19. The normalized spacial score (nSPS) is 11.1. The van der Waals surface area contributed by atoms with Crippen LogP contribution in [0.25, 0.3) is 11.0 Å². The summed E-state index contributed by atoms with van der Waals surface area (Å²) in [6, 6.07) is 26.2. The van der Waals surface area contributed by atoms with E-state index >= 15 is 0 Å². The Hall–Kier alpha value is -3.13. The van der Waals surface area contributed by atoms with Crippen molar-refractivity contribution >= 4 is 22.6 Å². The van der Waals surface area contributed by atoms with Crippen LogP contribution in [0.4, 0.5) is 0 Å². The molecule has 0 atom stereocenters. The van der Waals surface area contributed by atoms with Gasteiger partial charge < -0.3 is 4.57 Å². The molecule has 1 heterocycles. The van der Waals surface area contributed by atoms with Crippen molar-refractivity contribution in [2.75, 3.05) is 7.05 Å². The van der Waals surface area contributed by atoms with Crippen molar-refractivity contribution in [3.05, 3.63) is 100 Å². The van der Waals surface area contributed by atoms with Crippen molar-refractivity contribution in [1.82, 2.24) is 14.5 Å². The molecule has 3 aromatic carbocycles. The number of halogens is 1. The van der Waals surface area contributed by atoms with Crippen LogP contribution in [0.5, 0.6) is 0 Å². The lowest BCUT2D eigenvalue weighted by atomic mass is 10.1. The molecule has 29 heavy (non-hydrogen) atoms. The molecule has 0 aliphatic heterocycles. The number of nitrogens with zero attached hydrogens (tertiary/aromatic N) is 4. The topological polar surface area (TPSA) is 44.9 Å². The Balaban J connectivity index is 1.63. The minimum absolute atomic E-state index is 0.682. The van der Waals surface area contributed by atoms with E-state index in [4.69, 9.17) is 21.8 Å². The van der Waals surface area contributed by atoms with Crippen molar-refractivity contribution in [1.29, 1.82) is 5.26 Å². The van der Waals surface area contributed by atoms with Crippen molar-refractivity contribution in [3.8, 4) is 6.07 Å². The molecule has 144 valence electrons. The van der Waals surface area contributed by atoms with E-state index in [0.717, 1.165) is 35.5 Å². The van der Waals surface area contributed by atoms with Gasteiger partial charge in [-0.1, -0.05) is 54.1 Å². The van der Waals surface area contributed by atoms with Gasteiger partial charge in [0.15, 0.2) is 0 Å². The Morgan fingerprint density at radius 3 is 2.55 bits per heavy atom. The van der Waals surface area contributed by atoms with E-state index in [1.54, 1.807) is 0 Å². The molecule has 1 aromatic heterocycles. The predicted octanol–water partition coefficient (Wildman–Crippen LogP) is 5.24. The van der Waals surface area contributed by atoms with E-state index in [1.807, 2.05) is 48.5 Å². The highest BCUT2D eigenvalue weighted by Crippen LogP contribution is 2.23. The number of aromatic nitrogens is 2. The molecule has 0 aliphatic carbocycles. The first-order valence-electron chi connectivity index (χ1n) is 9.48. The molecule has 0 aliphatic rings. The zero-order valence-electron chi connectivity index (χ0n) is 16.2. The minimum Gasteiger partial charge on any atom is -0.322 e. The lowest BCUT2D eigenvalue weighted by Gasteiger charge is -2.18. The summed E-state index contributed by atoms with van der Waals surface area (Å²) in [5.41, 5.74) is 5.01. The van der Waals surface area contributed by atoms with Gasteiger partial charge in [0.05, 0.1) is 29.2 Å². The van der Waals surface area contributed by atoms with Gasteiger partial charge in [-0.3, -0.25) is 4.90 Å². The van der Waals surface area contributed by atoms with Crippen LogP contribution in [0.3, 0.4) is 0 Å². The average Bonchev–Trinajstić information content (AvgIpc) is 3.04. The fraction of sp³-hybridized carbons (Fsp3) is 0.167. The lowest BCUT2D eigenvalue weighted by Crippen LogP contribution is -2.20. The maximum Gasteiger partial charge on any atom is 0.124 e. The summed E-state index contributed by atoms with van der Waals surface area (Å²) in [6.07, 6.45) is 0. The quantitative estimate of drug-likeness (QED) is 0.444. The molecule has 0 spiro atoms. The number of nitriles is 1. The molecule has 0 saturated carbocycles. The van der Waals surface area contributed by atoms with E-state index in [-0.39, 0.29) is 0 Å². The number of hydrogen-bond acceptors (Lipinski definition) is 3. The minimum atomic E-state index is 0.682. The Bertz CT molecular complexity index is 1170. The number of fused-ring (bicyclic) bond motifs is 1. The number of rotatable bonds is 6. The summed E-state index contributed by atoms with van der Waals surface area (Å²) < 4.78 is 2.25. The van der Waals surface area contributed by atoms with Crippen molar-refractivity contribution in [2.24, 2.45) is 0 Å². The zero-order chi connectivity index (χ0) is 20.2. The van der Waals surface area contributed by atoms with E-state index in [1.165, 1.54) is 5.56 Å². The van der Waals surface area contributed by atoms with Crippen LogP contribution in [0.1, 0.15) is 22.5 Å². The van der Waals surface area contributed by atoms with Crippen LogP contribution in [-0.2, 0) is 19.6 Å². The molecule has 4 nitrogen and oxygen atoms in total. The SMILES string of the molecule is CN(Cc1cccc(C#N)c1)Cc1nc2cc(Cl)ccc2n1Cc1ccccc1. The van der Waals surface area contributed by atoms with E-state index in [2.05, 4.69) is 46.8 Å². The summed E-state index contributed by atoms with van der Waals surface area (Å²) in [5, 5.41) is 9.81. The molecular formula is C24H21ClN4. The Morgan fingerprint density at radius 2 is 1.76 bits per heavy atom. The third kappa shape index (κ3) is 4.48. The lowest BCUT2D eigenvalue weighted by molar-refractivity contribution is 0.306. The predicted molar refractivity (Wildman–Crippen MR) is 117 cm³/mol. The summed E-state index contributed by atoms with van der Waals surface area (Å²) >= 11 is 6.20. The summed E-state index contributed by atoms with van der Waals surface area (Å²) in [5.74, 6) is 0.991. The first-order chi connectivity index (χ1) is 14.1.